The van der Waals surface area contributed by atoms with Crippen molar-refractivity contribution in [3.05, 3.63) is 97.0 Å². The number of hydrogen-bond acceptors (Lipinski definition) is 7. The summed E-state index contributed by atoms with van der Waals surface area (Å²) in [6, 6.07) is 20.1. The fourth-order valence-electron chi connectivity index (χ4n) is 3.77. The number of amides is 3. The molecule has 0 aliphatic rings. The summed E-state index contributed by atoms with van der Waals surface area (Å²) in [5, 5.41) is 2.50. The molecular formula is C27H27N5O6S. The van der Waals surface area contributed by atoms with Gasteiger partial charge < -0.3 is 19.4 Å². The Morgan fingerprint density at radius 1 is 1.00 bits per heavy atom. The molecule has 4 aromatic rings. The van der Waals surface area contributed by atoms with Crippen molar-refractivity contribution in [3.63, 3.8) is 0 Å². The predicted molar refractivity (Wildman–Crippen MR) is 146 cm³/mol. The number of methoxy groups -OCH3 is 1. The van der Waals surface area contributed by atoms with Gasteiger partial charge in [-0.2, -0.15) is 8.42 Å². The predicted octanol–water partition coefficient (Wildman–Crippen LogP) is 3.58. The van der Waals surface area contributed by atoms with Gasteiger partial charge in [0.2, 0.25) is 5.91 Å². The highest BCUT2D eigenvalue weighted by Gasteiger charge is 2.27. The van der Waals surface area contributed by atoms with Gasteiger partial charge in [-0.3, -0.25) is 9.52 Å². The van der Waals surface area contributed by atoms with Crippen LogP contribution < -0.4 is 24.4 Å². The highest BCUT2D eigenvalue weighted by molar-refractivity contribution is 7.91. The third-order valence-electron chi connectivity index (χ3n) is 5.76. The van der Waals surface area contributed by atoms with Crippen LogP contribution >= 0.6 is 0 Å². The van der Waals surface area contributed by atoms with E-state index in [-0.39, 0.29) is 12.1 Å². The van der Waals surface area contributed by atoms with Crippen LogP contribution in [0.5, 0.6) is 5.75 Å². The Balaban J connectivity index is 1.44. The molecule has 1 heterocycles. The summed E-state index contributed by atoms with van der Waals surface area (Å²) in [6.07, 6.45) is 2.97. The van der Waals surface area contributed by atoms with Crippen molar-refractivity contribution in [2.24, 2.45) is 0 Å². The van der Waals surface area contributed by atoms with Gasteiger partial charge in [-0.05, 0) is 54.1 Å². The van der Waals surface area contributed by atoms with E-state index in [1.165, 1.54) is 29.6 Å². The number of likely N-dealkylation sites (N-methyl/N-ethyl adjacent to an activating group) is 1. The van der Waals surface area contributed by atoms with Crippen LogP contribution in [-0.2, 0) is 21.4 Å². The Morgan fingerprint density at radius 2 is 1.69 bits per heavy atom. The number of nitrogens with one attached hydrogen (secondary N) is 3. The number of nitrogens with zero attached hydrogens (tertiary/aromatic N) is 2. The third-order valence-corrected chi connectivity index (χ3v) is 6.72. The molecule has 0 spiro atoms. The minimum absolute atomic E-state index is 0.143. The van der Waals surface area contributed by atoms with Crippen molar-refractivity contribution in [1.82, 2.24) is 15.0 Å². The topological polar surface area (TPSA) is 143 Å². The first-order valence-corrected chi connectivity index (χ1v) is 13.3. The van der Waals surface area contributed by atoms with Crippen molar-refractivity contribution >= 4 is 33.5 Å². The molecule has 0 saturated heterocycles. The first-order valence-electron chi connectivity index (χ1n) is 11.8. The Morgan fingerprint density at radius 3 is 2.31 bits per heavy atom. The monoisotopic (exact) mass is 549 g/mol. The number of aromatic nitrogens is 1. The van der Waals surface area contributed by atoms with E-state index in [9.17, 15) is 18.0 Å². The molecule has 0 bridgehead atoms. The lowest BCUT2D eigenvalue weighted by Gasteiger charge is -2.25. The minimum Gasteiger partial charge on any atom is -0.497 e. The number of ether oxygens (including phenoxy) is 1. The van der Waals surface area contributed by atoms with Crippen LogP contribution in [0.15, 0.2) is 95.9 Å². The average Bonchev–Trinajstić information content (AvgIpc) is 3.47. The van der Waals surface area contributed by atoms with Crippen LogP contribution in [0.25, 0.3) is 11.3 Å². The summed E-state index contributed by atoms with van der Waals surface area (Å²) in [5.74, 6) is 0.714. The van der Waals surface area contributed by atoms with E-state index in [4.69, 9.17) is 9.15 Å². The van der Waals surface area contributed by atoms with E-state index in [0.717, 1.165) is 5.56 Å². The molecule has 0 unspecified atom stereocenters. The van der Waals surface area contributed by atoms with Gasteiger partial charge in [-0.25, -0.2) is 14.5 Å². The maximum Gasteiger partial charge on any atom is 0.330 e. The zero-order valence-electron chi connectivity index (χ0n) is 21.2. The fraction of sp³-hybridized carbons (Fsp3) is 0.148. The van der Waals surface area contributed by atoms with Crippen molar-refractivity contribution in [3.8, 4) is 17.1 Å². The first-order chi connectivity index (χ1) is 18.7. The second-order valence-electron chi connectivity index (χ2n) is 8.46. The lowest BCUT2D eigenvalue weighted by atomic mass is 10.0. The van der Waals surface area contributed by atoms with Crippen LogP contribution in [0.2, 0.25) is 0 Å². The van der Waals surface area contributed by atoms with Gasteiger partial charge in [0.1, 0.15) is 11.8 Å². The number of carbonyl (C=O) groups is 2. The molecule has 0 saturated carbocycles. The van der Waals surface area contributed by atoms with Crippen molar-refractivity contribution in [1.29, 1.82) is 0 Å². The molecule has 3 aromatic carbocycles. The highest BCUT2D eigenvalue weighted by Crippen LogP contribution is 2.21. The lowest BCUT2D eigenvalue weighted by molar-refractivity contribution is -0.120. The van der Waals surface area contributed by atoms with E-state index in [0.29, 0.717) is 22.8 Å². The number of oxazole rings is 1. The maximum atomic E-state index is 13.4. The Labute approximate surface area is 226 Å². The van der Waals surface area contributed by atoms with Gasteiger partial charge >= 0.3 is 16.2 Å². The van der Waals surface area contributed by atoms with Gasteiger partial charge in [0.15, 0.2) is 12.2 Å². The quantitative estimate of drug-likeness (QED) is 0.274. The molecule has 1 aromatic heterocycles. The minimum atomic E-state index is -4.31. The zero-order chi connectivity index (χ0) is 27.8. The highest BCUT2D eigenvalue weighted by atomic mass is 32.2. The maximum absolute atomic E-state index is 13.4. The molecule has 0 aliphatic carbocycles. The lowest BCUT2D eigenvalue weighted by Crippen LogP contribution is -2.53. The van der Waals surface area contributed by atoms with E-state index < -0.39 is 28.2 Å². The Bertz CT molecular complexity index is 1490. The van der Waals surface area contributed by atoms with Crippen LogP contribution in [0.1, 0.15) is 5.56 Å². The zero-order valence-corrected chi connectivity index (χ0v) is 22.0. The van der Waals surface area contributed by atoms with Gasteiger partial charge in [-0.1, -0.05) is 30.3 Å². The van der Waals surface area contributed by atoms with Crippen LogP contribution in [-0.4, -0.2) is 45.5 Å². The molecular weight excluding hydrogens is 522 g/mol. The Hall–Kier alpha value is -4.84. The van der Waals surface area contributed by atoms with Crippen molar-refractivity contribution < 1.29 is 27.2 Å². The van der Waals surface area contributed by atoms with E-state index >= 15 is 0 Å². The molecule has 0 radical (unpaired) electrons. The Kier molecular flexibility index (Phi) is 8.46. The molecule has 3 N–H and O–H groups in total. The molecule has 12 heteroatoms. The second-order valence-corrected chi connectivity index (χ2v) is 9.88. The molecule has 3 amide bonds. The van der Waals surface area contributed by atoms with Gasteiger partial charge in [-0.15, -0.1) is 0 Å². The van der Waals surface area contributed by atoms with Gasteiger partial charge in [0.05, 0.1) is 19.0 Å². The fourth-order valence-corrected chi connectivity index (χ4v) is 4.57. The second kappa shape index (κ2) is 12.1. The molecule has 0 aliphatic heterocycles. The van der Waals surface area contributed by atoms with E-state index in [1.807, 2.05) is 35.1 Å². The number of rotatable bonds is 10. The number of anilines is 2. The number of hydrogen-bond donors (Lipinski definition) is 3. The molecule has 11 nitrogen and oxygen atoms in total. The average molecular weight is 550 g/mol. The van der Waals surface area contributed by atoms with Gasteiger partial charge in [0.25, 0.3) is 0 Å². The normalized spacial score (nSPS) is 11.7. The molecule has 4 rings (SSSR count). The standard InChI is InChI=1S/C27H27N5O6S/c1-32(22-12-14-23(37-2)15-13-22)26(33)24(16-19-6-4-3-5-7-19)29-27(34)31-39(35,36)30-21-10-8-20(9-11-21)25-17-28-18-38-25/h3-15,17-18,24,30H,16H2,1-2H3,(H2,29,31,34)/t24-/m0/s1. The summed E-state index contributed by atoms with van der Waals surface area (Å²) in [5.41, 5.74) is 2.27. The summed E-state index contributed by atoms with van der Waals surface area (Å²) in [4.78, 5) is 31.4. The van der Waals surface area contributed by atoms with Crippen LogP contribution in [0.3, 0.4) is 0 Å². The van der Waals surface area contributed by atoms with Crippen LogP contribution in [0.4, 0.5) is 16.2 Å². The van der Waals surface area contributed by atoms with Crippen LogP contribution in [0, 0.1) is 0 Å². The van der Waals surface area contributed by atoms with Crippen molar-refractivity contribution in [2.45, 2.75) is 12.5 Å². The van der Waals surface area contributed by atoms with Gasteiger partial charge in [0, 0.05) is 24.7 Å². The number of benzene rings is 3. The first kappa shape index (κ1) is 27.2. The number of carbonyl (C=O) groups excluding carboxylic acids is 2. The molecule has 39 heavy (non-hydrogen) atoms. The number of urea groups is 1. The third kappa shape index (κ3) is 7.36. The van der Waals surface area contributed by atoms with Crippen molar-refractivity contribution in [2.75, 3.05) is 23.8 Å². The molecule has 1 atom stereocenters. The molecule has 0 fully saturated rings. The summed E-state index contributed by atoms with van der Waals surface area (Å²) in [7, 11) is -1.20. The smallest absolute Gasteiger partial charge is 0.330 e. The SMILES string of the molecule is COc1ccc(N(C)C(=O)[C@H](Cc2ccccc2)NC(=O)NS(=O)(=O)Nc2ccc(-c3cnco3)cc2)cc1. The van der Waals surface area contributed by atoms with E-state index in [2.05, 4.69) is 15.0 Å². The summed E-state index contributed by atoms with van der Waals surface area (Å²) >= 11 is 0. The van der Waals surface area contributed by atoms with E-state index in [1.54, 1.807) is 50.6 Å². The summed E-state index contributed by atoms with van der Waals surface area (Å²) in [6.45, 7) is 0. The molecule has 202 valence electrons. The summed E-state index contributed by atoms with van der Waals surface area (Å²) < 4.78 is 39.8. The largest absolute Gasteiger partial charge is 0.497 e.